The van der Waals surface area contributed by atoms with E-state index in [1.807, 2.05) is 30.5 Å². The van der Waals surface area contributed by atoms with E-state index in [-0.39, 0.29) is 11.7 Å². The first-order chi connectivity index (χ1) is 15.1. The Labute approximate surface area is 180 Å². The van der Waals surface area contributed by atoms with Crippen LogP contribution in [0.2, 0.25) is 0 Å². The van der Waals surface area contributed by atoms with Crippen molar-refractivity contribution >= 4 is 11.7 Å². The number of aromatic nitrogens is 2. The molecular formula is C25H22FN3O2. The predicted molar refractivity (Wildman–Crippen MR) is 118 cm³/mol. The van der Waals surface area contributed by atoms with Crippen LogP contribution in [0.25, 0.3) is 0 Å². The molecule has 0 atom stereocenters. The summed E-state index contributed by atoms with van der Waals surface area (Å²) in [6.07, 6.45) is 1.85. The van der Waals surface area contributed by atoms with Crippen LogP contribution in [-0.2, 0) is 13.2 Å². The van der Waals surface area contributed by atoms with Gasteiger partial charge in [0.15, 0.2) is 5.82 Å². The van der Waals surface area contributed by atoms with Crippen LogP contribution in [0.3, 0.4) is 0 Å². The van der Waals surface area contributed by atoms with E-state index < -0.39 is 0 Å². The lowest BCUT2D eigenvalue weighted by Gasteiger charge is -2.07. The molecule has 31 heavy (non-hydrogen) atoms. The summed E-state index contributed by atoms with van der Waals surface area (Å²) in [5, 5.41) is 7.26. The fraction of sp³-hybridized carbons (Fsp3) is 0.120. The van der Waals surface area contributed by atoms with Crippen molar-refractivity contribution in [3.05, 3.63) is 113 Å². The van der Waals surface area contributed by atoms with E-state index >= 15 is 0 Å². The highest BCUT2D eigenvalue weighted by molar-refractivity contribution is 6.03. The van der Waals surface area contributed by atoms with E-state index in [1.165, 1.54) is 23.3 Å². The number of ether oxygens (including phenoxy) is 1. The third-order valence-corrected chi connectivity index (χ3v) is 4.91. The van der Waals surface area contributed by atoms with Gasteiger partial charge in [0.1, 0.15) is 18.2 Å². The van der Waals surface area contributed by atoms with Crippen molar-refractivity contribution in [1.29, 1.82) is 0 Å². The molecule has 6 heteroatoms. The second kappa shape index (κ2) is 9.26. The molecule has 1 amide bonds. The van der Waals surface area contributed by atoms with Crippen LogP contribution in [0.15, 0.2) is 85.1 Å². The average Bonchev–Trinajstić information content (AvgIpc) is 3.22. The van der Waals surface area contributed by atoms with E-state index in [9.17, 15) is 9.18 Å². The molecule has 0 fully saturated rings. The fourth-order valence-corrected chi connectivity index (χ4v) is 3.12. The number of carbonyl (C=O) groups is 1. The highest BCUT2D eigenvalue weighted by atomic mass is 19.1. The number of carbonyl (C=O) groups excluding carboxylic acids is 1. The van der Waals surface area contributed by atoms with E-state index in [1.54, 1.807) is 35.0 Å². The number of amides is 1. The normalized spacial score (nSPS) is 10.6. The Bertz CT molecular complexity index is 1170. The molecule has 1 aromatic heterocycles. The van der Waals surface area contributed by atoms with Crippen LogP contribution in [0.1, 0.15) is 27.0 Å². The first kappa shape index (κ1) is 20.3. The molecular weight excluding hydrogens is 393 g/mol. The van der Waals surface area contributed by atoms with Gasteiger partial charge in [0.05, 0.1) is 6.54 Å². The number of nitrogens with one attached hydrogen (secondary N) is 1. The fourth-order valence-electron chi connectivity index (χ4n) is 3.12. The Morgan fingerprint density at radius 1 is 1.00 bits per heavy atom. The largest absolute Gasteiger partial charge is 0.489 e. The van der Waals surface area contributed by atoms with Gasteiger partial charge in [-0.05, 0) is 60.0 Å². The number of anilines is 1. The Hall–Kier alpha value is -3.93. The number of rotatable bonds is 7. The zero-order valence-electron chi connectivity index (χ0n) is 17.1. The molecule has 0 saturated heterocycles. The molecule has 156 valence electrons. The number of hydrogen-bond donors (Lipinski definition) is 1. The molecule has 5 nitrogen and oxygen atoms in total. The Morgan fingerprint density at radius 3 is 2.48 bits per heavy atom. The van der Waals surface area contributed by atoms with Crippen LogP contribution in [0, 0.1) is 12.7 Å². The molecule has 3 aromatic carbocycles. The van der Waals surface area contributed by atoms with Crippen molar-refractivity contribution in [2.24, 2.45) is 0 Å². The number of aryl methyl sites for hydroxylation is 1. The maximum absolute atomic E-state index is 12.9. The SMILES string of the molecule is Cc1ccccc1Cn1ccc(NC(=O)c2ccc(COc3ccc(F)cc3)cc2)n1. The highest BCUT2D eigenvalue weighted by Crippen LogP contribution is 2.15. The third kappa shape index (κ3) is 5.36. The first-order valence-corrected chi connectivity index (χ1v) is 9.93. The van der Waals surface area contributed by atoms with Gasteiger partial charge < -0.3 is 10.1 Å². The quantitative estimate of drug-likeness (QED) is 0.451. The van der Waals surface area contributed by atoms with E-state index in [0.29, 0.717) is 30.3 Å². The molecule has 0 bridgehead atoms. The molecule has 0 radical (unpaired) electrons. The maximum atomic E-state index is 12.9. The zero-order chi connectivity index (χ0) is 21.6. The number of nitrogens with zero attached hydrogens (tertiary/aromatic N) is 2. The molecule has 0 aliphatic heterocycles. The maximum Gasteiger partial charge on any atom is 0.256 e. The van der Waals surface area contributed by atoms with Gasteiger partial charge in [-0.1, -0.05) is 36.4 Å². The third-order valence-electron chi connectivity index (χ3n) is 4.91. The molecule has 4 rings (SSSR count). The smallest absolute Gasteiger partial charge is 0.256 e. The summed E-state index contributed by atoms with van der Waals surface area (Å²) in [6.45, 7) is 3.04. The van der Waals surface area contributed by atoms with Crippen LogP contribution < -0.4 is 10.1 Å². The number of hydrogen-bond acceptors (Lipinski definition) is 3. The molecule has 0 aliphatic carbocycles. The molecule has 1 N–H and O–H groups in total. The van der Waals surface area contributed by atoms with Gasteiger partial charge in [0, 0.05) is 17.8 Å². The second-order valence-electron chi connectivity index (χ2n) is 7.22. The molecule has 0 saturated carbocycles. The van der Waals surface area contributed by atoms with Crippen molar-refractivity contribution in [3.63, 3.8) is 0 Å². The highest BCUT2D eigenvalue weighted by Gasteiger charge is 2.09. The number of halogens is 1. The van der Waals surface area contributed by atoms with Crippen LogP contribution in [-0.4, -0.2) is 15.7 Å². The van der Waals surface area contributed by atoms with E-state index in [4.69, 9.17) is 4.74 Å². The minimum atomic E-state index is -0.303. The van der Waals surface area contributed by atoms with Crippen molar-refractivity contribution in [3.8, 4) is 5.75 Å². The summed E-state index contributed by atoms with van der Waals surface area (Å²) in [4.78, 5) is 12.5. The van der Waals surface area contributed by atoms with Crippen molar-refractivity contribution in [2.75, 3.05) is 5.32 Å². The van der Waals surface area contributed by atoms with Gasteiger partial charge in [-0.3, -0.25) is 9.48 Å². The van der Waals surface area contributed by atoms with Crippen molar-refractivity contribution in [1.82, 2.24) is 9.78 Å². The molecule has 0 unspecified atom stereocenters. The van der Waals surface area contributed by atoms with Gasteiger partial charge in [-0.25, -0.2) is 4.39 Å². The summed E-state index contributed by atoms with van der Waals surface area (Å²) in [7, 11) is 0. The summed E-state index contributed by atoms with van der Waals surface area (Å²) >= 11 is 0. The van der Waals surface area contributed by atoms with E-state index in [2.05, 4.69) is 29.5 Å². The Kier molecular flexibility index (Phi) is 6.08. The van der Waals surface area contributed by atoms with Gasteiger partial charge >= 0.3 is 0 Å². The lowest BCUT2D eigenvalue weighted by atomic mass is 10.1. The first-order valence-electron chi connectivity index (χ1n) is 9.93. The van der Waals surface area contributed by atoms with Crippen LogP contribution >= 0.6 is 0 Å². The van der Waals surface area contributed by atoms with Crippen LogP contribution in [0.5, 0.6) is 5.75 Å². The Morgan fingerprint density at radius 2 is 1.74 bits per heavy atom. The summed E-state index contributed by atoms with van der Waals surface area (Å²) < 4.78 is 20.4. The minimum absolute atomic E-state index is 0.229. The standard InChI is InChI=1S/C25H22FN3O2/c1-18-4-2-3-5-21(18)16-29-15-14-24(28-29)27-25(30)20-8-6-19(7-9-20)17-31-23-12-10-22(26)11-13-23/h2-15H,16-17H2,1H3,(H,27,28,30). The topological polar surface area (TPSA) is 56.2 Å². The van der Waals surface area contributed by atoms with Gasteiger partial charge in [-0.15, -0.1) is 0 Å². The monoisotopic (exact) mass is 415 g/mol. The average molecular weight is 415 g/mol. The van der Waals surface area contributed by atoms with Crippen molar-refractivity contribution in [2.45, 2.75) is 20.1 Å². The molecule has 0 aliphatic rings. The van der Waals surface area contributed by atoms with Crippen LogP contribution in [0.4, 0.5) is 10.2 Å². The van der Waals surface area contributed by atoms with Gasteiger partial charge in [0.2, 0.25) is 0 Å². The van der Waals surface area contributed by atoms with Gasteiger partial charge in [-0.2, -0.15) is 5.10 Å². The van der Waals surface area contributed by atoms with Crippen molar-refractivity contribution < 1.29 is 13.9 Å². The summed E-state index contributed by atoms with van der Waals surface area (Å²) in [6, 6.07) is 22.9. The Balaban J connectivity index is 1.33. The molecule has 0 spiro atoms. The van der Waals surface area contributed by atoms with Gasteiger partial charge in [0.25, 0.3) is 5.91 Å². The molecule has 1 heterocycles. The van der Waals surface area contributed by atoms with E-state index in [0.717, 1.165) is 5.56 Å². The lowest BCUT2D eigenvalue weighted by molar-refractivity contribution is 0.102. The minimum Gasteiger partial charge on any atom is -0.489 e. The predicted octanol–water partition coefficient (Wildman–Crippen LogP) is 5.21. The summed E-state index contributed by atoms with van der Waals surface area (Å²) in [5.74, 6) is 0.557. The summed E-state index contributed by atoms with van der Waals surface area (Å²) in [5.41, 5.74) is 3.82. The number of benzene rings is 3. The zero-order valence-corrected chi connectivity index (χ0v) is 17.1. The lowest BCUT2D eigenvalue weighted by Crippen LogP contribution is -2.13. The molecule has 4 aromatic rings. The second-order valence-corrected chi connectivity index (χ2v) is 7.22.